The Kier molecular flexibility index (Phi) is 4.57. The maximum atomic E-state index is 5.74. The molecule has 0 aliphatic carbocycles. The Bertz CT molecular complexity index is 330. The van der Waals surface area contributed by atoms with Gasteiger partial charge in [0.25, 0.3) is 0 Å². The molecule has 1 aromatic rings. The molecule has 96 valence electrons. The third kappa shape index (κ3) is 3.82. The fraction of sp³-hybridized carbons (Fsp3) is 0.769. The third-order valence-corrected chi connectivity index (χ3v) is 2.97. The second kappa shape index (κ2) is 6.17. The highest BCUT2D eigenvalue weighted by molar-refractivity contribution is 5.03. The molecule has 0 amide bonds. The molecule has 0 spiro atoms. The molecule has 1 N–H and O–H groups in total. The predicted molar refractivity (Wildman–Crippen MR) is 66.1 cm³/mol. The lowest BCUT2D eigenvalue weighted by Crippen LogP contribution is -2.22. The van der Waals surface area contributed by atoms with E-state index in [9.17, 15) is 0 Å². The molecule has 4 heteroatoms. The maximum Gasteiger partial charge on any atom is 0.195 e. The Morgan fingerprint density at radius 1 is 1.53 bits per heavy atom. The zero-order valence-corrected chi connectivity index (χ0v) is 10.7. The molecule has 2 heterocycles. The van der Waals surface area contributed by atoms with E-state index in [1.165, 1.54) is 0 Å². The van der Waals surface area contributed by atoms with Gasteiger partial charge in [0.15, 0.2) is 5.89 Å². The van der Waals surface area contributed by atoms with Gasteiger partial charge in [-0.1, -0.05) is 13.8 Å². The van der Waals surface area contributed by atoms with Gasteiger partial charge in [0.05, 0.1) is 12.8 Å². The van der Waals surface area contributed by atoms with Crippen molar-refractivity contribution in [3.05, 3.63) is 17.8 Å². The summed E-state index contributed by atoms with van der Waals surface area (Å²) in [6.07, 6.45) is 3.78. The quantitative estimate of drug-likeness (QED) is 0.770. The van der Waals surface area contributed by atoms with Crippen molar-refractivity contribution in [2.75, 3.05) is 26.3 Å². The fourth-order valence-corrected chi connectivity index (χ4v) is 1.97. The molecular weight excluding hydrogens is 216 g/mol. The number of oxazole rings is 1. The van der Waals surface area contributed by atoms with Crippen LogP contribution in [-0.4, -0.2) is 31.3 Å². The molecule has 1 aliphatic rings. The molecule has 0 bridgehead atoms. The van der Waals surface area contributed by atoms with Gasteiger partial charge in [-0.2, -0.15) is 0 Å². The first-order valence-corrected chi connectivity index (χ1v) is 6.48. The van der Waals surface area contributed by atoms with Crippen LogP contribution in [0.4, 0.5) is 0 Å². The summed E-state index contributed by atoms with van der Waals surface area (Å²) in [4.78, 5) is 4.32. The zero-order chi connectivity index (χ0) is 12.1. The molecule has 1 saturated heterocycles. The minimum absolute atomic E-state index is 0.417. The number of nitrogens with one attached hydrogen (secondary N) is 1. The van der Waals surface area contributed by atoms with Crippen molar-refractivity contribution >= 4 is 0 Å². The Balaban J connectivity index is 1.74. The summed E-state index contributed by atoms with van der Waals surface area (Å²) in [5.41, 5.74) is 0. The van der Waals surface area contributed by atoms with Crippen LogP contribution in [0.2, 0.25) is 0 Å². The summed E-state index contributed by atoms with van der Waals surface area (Å²) in [7, 11) is 0. The molecule has 1 atom stereocenters. The first kappa shape index (κ1) is 12.6. The number of aromatic nitrogens is 1. The van der Waals surface area contributed by atoms with Crippen molar-refractivity contribution < 1.29 is 9.15 Å². The van der Waals surface area contributed by atoms with E-state index in [2.05, 4.69) is 24.1 Å². The summed E-state index contributed by atoms with van der Waals surface area (Å²) in [5, 5.41) is 3.39. The van der Waals surface area contributed by atoms with Crippen LogP contribution in [0.1, 0.15) is 37.8 Å². The second-order valence-corrected chi connectivity index (χ2v) is 5.06. The molecule has 1 aliphatic heterocycles. The van der Waals surface area contributed by atoms with Crippen molar-refractivity contribution in [1.82, 2.24) is 10.3 Å². The minimum atomic E-state index is 0.417. The second-order valence-electron chi connectivity index (χ2n) is 5.06. The lowest BCUT2D eigenvalue weighted by molar-refractivity contribution is 0.191. The van der Waals surface area contributed by atoms with E-state index < -0.39 is 0 Å². The highest BCUT2D eigenvalue weighted by Gasteiger charge is 2.21. The SMILES string of the molecule is CC(C)CNCCc1ncc(C2CCOC2)o1. The first-order valence-electron chi connectivity index (χ1n) is 6.48. The van der Waals surface area contributed by atoms with Crippen LogP contribution >= 0.6 is 0 Å². The van der Waals surface area contributed by atoms with Gasteiger partial charge in [0, 0.05) is 25.5 Å². The summed E-state index contributed by atoms with van der Waals surface area (Å²) >= 11 is 0. The Hall–Kier alpha value is -0.870. The van der Waals surface area contributed by atoms with Crippen LogP contribution in [0.5, 0.6) is 0 Å². The van der Waals surface area contributed by atoms with E-state index in [0.717, 1.165) is 50.8 Å². The van der Waals surface area contributed by atoms with Gasteiger partial charge in [0.2, 0.25) is 0 Å². The molecule has 1 aromatic heterocycles. The smallest absolute Gasteiger partial charge is 0.195 e. The summed E-state index contributed by atoms with van der Waals surface area (Å²) in [5.74, 6) is 2.93. The molecule has 1 fully saturated rings. The fourth-order valence-electron chi connectivity index (χ4n) is 1.97. The van der Waals surface area contributed by atoms with Crippen LogP contribution in [0, 0.1) is 5.92 Å². The van der Waals surface area contributed by atoms with Crippen LogP contribution in [0.15, 0.2) is 10.6 Å². The average molecular weight is 238 g/mol. The van der Waals surface area contributed by atoms with Gasteiger partial charge in [0.1, 0.15) is 5.76 Å². The standard InChI is InChI=1S/C13H22N2O2/c1-10(2)7-14-5-3-13-15-8-12(17-13)11-4-6-16-9-11/h8,10-11,14H,3-7,9H2,1-2H3. The molecule has 1 unspecified atom stereocenters. The van der Waals surface area contributed by atoms with Crippen molar-refractivity contribution in [2.24, 2.45) is 5.92 Å². The number of ether oxygens (including phenoxy) is 1. The number of rotatable bonds is 6. The van der Waals surface area contributed by atoms with Gasteiger partial charge in [-0.3, -0.25) is 0 Å². The van der Waals surface area contributed by atoms with Crippen molar-refractivity contribution in [1.29, 1.82) is 0 Å². The minimum Gasteiger partial charge on any atom is -0.445 e. The predicted octanol–water partition coefficient (Wildman–Crippen LogP) is 1.97. The highest BCUT2D eigenvalue weighted by Crippen LogP contribution is 2.25. The van der Waals surface area contributed by atoms with Gasteiger partial charge in [-0.05, 0) is 18.9 Å². The van der Waals surface area contributed by atoms with E-state index in [0.29, 0.717) is 11.8 Å². The number of nitrogens with zero attached hydrogens (tertiary/aromatic N) is 1. The van der Waals surface area contributed by atoms with Crippen molar-refractivity contribution in [3.63, 3.8) is 0 Å². The van der Waals surface area contributed by atoms with Crippen molar-refractivity contribution in [3.8, 4) is 0 Å². The van der Waals surface area contributed by atoms with Gasteiger partial charge < -0.3 is 14.5 Å². The zero-order valence-electron chi connectivity index (χ0n) is 10.7. The number of hydrogen-bond donors (Lipinski definition) is 1. The topological polar surface area (TPSA) is 47.3 Å². The molecule has 0 saturated carbocycles. The highest BCUT2D eigenvalue weighted by atomic mass is 16.5. The molecule has 0 aromatic carbocycles. The average Bonchev–Trinajstić information content (AvgIpc) is 2.94. The Labute approximate surface area is 103 Å². The third-order valence-electron chi connectivity index (χ3n) is 2.97. The van der Waals surface area contributed by atoms with Gasteiger partial charge >= 0.3 is 0 Å². The molecular formula is C13H22N2O2. The van der Waals surface area contributed by atoms with Crippen LogP contribution in [0.25, 0.3) is 0 Å². The van der Waals surface area contributed by atoms with Gasteiger partial charge in [-0.15, -0.1) is 0 Å². The van der Waals surface area contributed by atoms with E-state index in [1.54, 1.807) is 0 Å². The van der Waals surface area contributed by atoms with Crippen molar-refractivity contribution in [2.45, 2.75) is 32.6 Å². The lowest BCUT2D eigenvalue weighted by Gasteiger charge is -2.05. The van der Waals surface area contributed by atoms with Crippen LogP contribution < -0.4 is 5.32 Å². The lowest BCUT2D eigenvalue weighted by atomic mass is 10.1. The first-order chi connectivity index (χ1) is 8.25. The monoisotopic (exact) mass is 238 g/mol. The van der Waals surface area contributed by atoms with E-state index in [-0.39, 0.29) is 0 Å². The summed E-state index contributed by atoms with van der Waals surface area (Å²) in [6.45, 7) is 8.01. The molecule has 2 rings (SSSR count). The molecule has 0 radical (unpaired) electrons. The largest absolute Gasteiger partial charge is 0.445 e. The number of hydrogen-bond acceptors (Lipinski definition) is 4. The Morgan fingerprint density at radius 3 is 3.12 bits per heavy atom. The van der Waals surface area contributed by atoms with E-state index in [1.807, 2.05) is 6.20 Å². The van der Waals surface area contributed by atoms with Gasteiger partial charge in [-0.25, -0.2) is 4.98 Å². The van der Waals surface area contributed by atoms with E-state index in [4.69, 9.17) is 9.15 Å². The van der Waals surface area contributed by atoms with Crippen LogP contribution in [-0.2, 0) is 11.2 Å². The molecule has 17 heavy (non-hydrogen) atoms. The summed E-state index contributed by atoms with van der Waals surface area (Å²) in [6, 6.07) is 0. The maximum absolute atomic E-state index is 5.74. The normalized spacial score (nSPS) is 20.3. The molecule has 4 nitrogen and oxygen atoms in total. The summed E-state index contributed by atoms with van der Waals surface area (Å²) < 4.78 is 11.1. The van der Waals surface area contributed by atoms with Crippen LogP contribution in [0.3, 0.4) is 0 Å². The van der Waals surface area contributed by atoms with E-state index >= 15 is 0 Å². The Morgan fingerprint density at radius 2 is 2.41 bits per heavy atom.